The zero-order chi connectivity index (χ0) is 22.8. The van der Waals surface area contributed by atoms with Crippen LogP contribution in [0.15, 0.2) is 48.8 Å². The largest absolute Gasteiger partial charge is 0.618 e. The van der Waals surface area contributed by atoms with E-state index >= 15 is 0 Å². The Kier molecular flexibility index (Phi) is 5.91. The summed E-state index contributed by atoms with van der Waals surface area (Å²) in [6.07, 6.45) is 2.62. The van der Waals surface area contributed by atoms with Crippen LogP contribution in [0.25, 0.3) is 22.6 Å². The molecule has 0 spiro atoms. The summed E-state index contributed by atoms with van der Waals surface area (Å²) in [5.41, 5.74) is 1.93. The average Bonchev–Trinajstić information content (AvgIpc) is 3.14. The molecule has 3 heterocycles. The molecule has 4 rings (SSSR count). The van der Waals surface area contributed by atoms with Crippen molar-refractivity contribution < 1.29 is 23.0 Å². The Morgan fingerprint density at radius 3 is 2.69 bits per heavy atom. The van der Waals surface area contributed by atoms with E-state index in [1.54, 1.807) is 25.1 Å². The molecular formula is C22H17ClF2N4O3. The highest BCUT2D eigenvalue weighted by Gasteiger charge is 2.19. The molecule has 0 radical (unpaired) electrons. The zero-order valence-electron chi connectivity index (χ0n) is 17.0. The van der Waals surface area contributed by atoms with Gasteiger partial charge < -0.3 is 19.7 Å². The van der Waals surface area contributed by atoms with Crippen LogP contribution in [0.4, 0.5) is 8.78 Å². The number of rotatable bonds is 6. The molecule has 0 saturated carbocycles. The van der Waals surface area contributed by atoms with Crippen molar-refractivity contribution in [2.24, 2.45) is 0 Å². The number of methoxy groups -OCH3 is 1. The summed E-state index contributed by atoms with van der Waals surface area (Å²) < 4.78 is 38.7. The van der Waals surface area contributed by atoms with Crippen LogP contribution in [0, 0.1) is 23.9 Å². The molecule has 0 saturated heterocycles. The number of hydrogen-bond acceptors (Lipinski definition) is 5. The predicted octanol–water partition coefficient (Wildman–Crippen LogP) is 4.60. The highest BCUT2D eigenvalue weighted by atomic mass is 35.5. The molecule has 0 fully saturated rings. The van der Waals surface area contributed by atoms with Gasteiger partial charge in [-0.15, -0.1) is 0 Å². The molecule has 1 aromatic carbocycles. The second-order valence-electron chi connectivity index (χ2n) is 6.91. The van der Waals surface area contributed by atoms with Crippen molar-refractivity contribution in [2.75, 3.05) is 7.11 Å². The third kappa shape index (κ3) is 4.33. The number of benzene rings is 1. The maximum atomic E-state index is 14.1. The molecule has 10 heteroatoms. The SMILES string of the molecule is COc1cc(OCc2c(F)cc(C)c[n+]2[O-])ccc1-c1nc(-c2ccc(F)nc2)[nH]c1Cl. The van der Waals surface area contributed by atoms with Crippen LogP contribution in [-0.4, -0.2) is 22.1 Å². The monoisotopic (exact) mass is 458 g/mol. The Bertz CT molecular complexity index is 1260. The normalized spacial score (nSPS) is 10.9. The van der Waals surface area contributed by atoms with Gasteiger partial charge in [0.1, 0.15) is 28.2 Å². The van der Waals surface area contributed by atoms with Crippen LogP contribution in [-0.2, 0) is 6.61 Å². The van der Waals surface area contributed by atoms with Crippen LogP contribution in [0.1, 0.15) is 11.3 Å². The maximum Gasteiger partial charge on any atom is 0.266 e. The van der Waals surface area contributed by atoms with E-state index in [0.717, 1.165) is 0 Å². The molecule has 4 aromatic rings. The molecule has 0 unspecified atom stereocenters. The van der Waals surface area contributed by atoms with E-state index in [1.807, 2.05) is 0 Å². The number of aryl methyl sites for hydroxylation is 1. The first-order valence-electron chi connectivity index (χ1n) is 9.42. The van der Waals surface area contributed by atoms with Crippen LogP contribution in [0.2, 0.25) is 5.15 Å². The number of halogens is 3. The Morgan fingerprint density at radius 1 is 1.19 bits per heavy atom. The number of imidazole rings is 1. The number of hydrogen-bond donors (Lipinski definition) is 1. The van der Waals surface area contributed by atoms with Gasteiger partial charge in [-0.05, 0) is 37.3 Å². The average molecular weight is 459 g/mol. The standard InChI is InChI=1S/C22H17ClF2N4O3/c1-12-7-16(24)17(29(30)10-12)11-32-14-4-5-15(18(8-14)31-2)20-21(23)28-22(27-20)13-3-6-19(25)26-9-13/h3-10H,11H2,1-2H3,(H,27,28). The first kappa shape index (κ1) is 21.5. The lowest BCUT2D eigenvalue weighted by molar-refractivity contribution is -0.618. The number of pyridine rings is 2. The van der Waals surface area contributed by atoms with Crippen molar-refractivity contribution in [3.63, 3.8) is 0 Å². The summed E-state index contributed by atoms with van der Waals surface area (Å²) >= 11 is 6.34. The lowest BCUT2D eigenvalue weighted by Crippen LogP contribution is -2.34. The third-order valence-electron chi connectivity index (χ3n) is 4.68. The van der Waals surface area contributed by atoms with E-state index < -0.39 is 11.8 Å². The number of H-pyrrole nitrogens is 1. The fourth-order valence-electron chi connectivity index (χ4n) is 3.11. The van der Waals surface area contributed by atoms with Gasteiger partial charge in [0.15, 0.2) is 18.6 Å². The lowest BCUT2D eigenvalue weighted by atomic mass is 10.1. The molecule has 0 aliphatic carbocycles. The second kappa shape index (κ2) is 8.80. The van der Waals surface area contributed by atoms with Gasteiger partial charge >= 0.3 is 0 Å². The molecule has 0 aliphatic heterocycles. The van der Waals surface area contributed by atoms with Gasteiger partial charge in [0.25, 0.3) is 5.69 Å². The van der Waals surface area contributed by atoms with Gasteiger partial charge in [-0.1, -0.05) is 11.6 Å². The van der Waals surface area contributed by atoms with Crippen molar-refractivity contribution in [3.05, 3.63) is 82.2 Å². The quantitative estimate of drug-likeness (QED) is 0.259. The minimum atomic E-state index is -0.644. The summed E-state index contributed by atoms with van der Waals surface area (Å²) in [5.74, 6) is -0.0689. The number of ether oxygens (including phenoxy) is 2. The zero-order valence-corrected chi connectivity index (χ0v) is 17.8. The van der Waals surface area contributed by atoms with Crippen molar-refractivity contribution >= 4 is 11.6 Å². The fraction of sp³-hybridized carbons (Fsp3) is 0.136. The van der Waals surface area contributed by atoms with Crippen molar-refractivity contribution in [3.8, 4) is 34.1 Å². The first-order valence-corrected chi connectivity index (χ1v) is 9.80. The molecular weight excluding hydrogens is 442 g/mol. The molecule has 32 heavy (non-hydrogen) atoms. The summed E-state index contributed by atoms with van der Waals surface area (Å²) in [7, 11) is 1.47. The number of aromatic nitrogens is 4. The maximum absolute atomic E-state index is 14.1. The molecule has 0 bridgehead atoms. The summed E-state index contributed by atoms with van der Waals surface area (Å²) in [4.78, 5) is 11.0. The Balaban J connectivity index is 1.60. The van der Waals surface area contributed by atoms with Crippen LogP contribution < -0.4 is 14.2 Å². The number of aromatic amines is 1. The Labute approximate surface area is 186 Å². The van der Waals surface area contributed by atoms with Gasteiger partial charge in [-0.25, -0.2) is 9.97 Å². The third-order valence-corrected chi connectivity index (χ3v) is 4.95. The molecule has 0 amide bonds. The van der Waals surface area contributed by atoms with Crippen LogP contribution >= 0.6 is 11.6 Å². The molecule has 0 aliphatic rings. The highest BCUT2D eigenvalue weighted by Crippen LogP contribution is 2.37. The van der Waals surface area contributed by atoms with Crippen LogP contribution in [0.3, 0.4) is 0 Å². The molecule has 7 nitrogen and oxygen atoms in total. The molecule has 164 valence electrons. The van der Waals surface area contributed by atoms with E-state index in [-0.39, 0.29) is 17.5 Å². The molecule has 0 atom stereocenters. The van der Waals surface area contributed by atoms with Crippen molar-refractivity contribution in [1.82, 2.24) is 15.0 Å². The minimum absolute atomic E-state index is 0.133. The molecule has 1 N–H and O–H groups in total. The van der Waals surface area contributed by atoms with E-state index in [0.29, 0.717) is 44.4 Å². The lowest BCUT2D eigenvalue weighted by Gasteiger charge is -2.11. The summed E-state index contributed by atoms with van der Waals surface area (Å²) in [6, 6.07) is 8.91. The van der Waals surface area contributed by atoms with E-state index in [4.69, 9.17) is 21.1 Å². The van der Waals surface area contributed by atoms with E-state index in [9.17, 15) is 14.0 Å². The van der Waals surface area contributed by atoms with E-state index in [2.05, 4.69) is 15.0 Å². The predicted molar refractivity (Wildman–Crippen MR) is 113 cm³/mol. The smallest absolute Gasteiger partial charge is 0.266 e. The second-order valence-corrected chi connectivity index (χ2v) is 7.28. The summed E-state index contributed by atoms with van der Waals surface area (Å²) in [6.45, 7) is 1.37. The van der Waals surface area contributed by atoms with E-state index in [1.165, 1.54) is 37.7 Å². The van der Waals surface area contributed by atoms with Gasteiger partial charge in [-0.2, -0.15) is 13.5 Å². The number of nitrogens with zero attached hydrogens (tertiary/aromatic N) is 3. The summed E-state index contributed by atoms with van der Waals surface area (Å²) in [5, 5.41) is 12.2. The first-order chi connectivity index (χ1) is 15.4. The van der Waals surface area contributed by atoms with Gasteiger partial charge in [0.05, 0.1) is 7.11 Å². The van der Waals surface area contributed by atoms with Crippen molar-refractivity contribution in [2.45, 2.75) is 13.5 Å². The van der Waals surface area contributed by atoms with Crippen molar-refractivity contribution in [1.29, 1.82) is 0 Å². The highest BCUT2D eigenvalue weighted by molar-refractivity contribution is 6.32. The number of nitrogens with one attached hydrogen (secondary N) is 1. The van der Waals surface area contributed by atoms with Crippen LogP contribution in [0.5, 0.6) is 11.5 Å². The van der Waals surface area contributed by atoms with Gasteiger partial charge in [0, 0.05) is 29.0 Å². The minimum Gasteiger partial charge on any atom is -0.618 e. The fourth-order valence-corrected chi connectivity index (χ4v) is 3.35. The Hall–Kier alpha value is -3.72. The van der Waals surface area contributed by atoms with Gasteiger partial charge in [-0.3, -0.25) is 0 Å². The molecule has 3 aromatic heterocycles. The topological polar surface area (TPSA) is 87.0 Å². The van der Waals surface area contributed by atoms with Gasteiger partial charge in [0.2, 0.25) is 5.95 Å². The Morgan fingerprint density at radius 2 is 2.00 bits per heavy atom.